The molecule has 0 saturated carbocycles. The van der Waals surface area contributed by atoms with Crippen LogP contribution in [0.15, 0.2) is 42.7 Å². The molecular formula is C25H27F2N7O2S. The van der Waals surface area contributed by atoms with Crippen molar-refractivity contribution in [1.29, 1.82) is 0 Å². The quantitative estimate of drug-likeness (QED) is 0.336. The summed E-state index contributed by atoms with van der Waals surface area (Å²) in [6.45, 7) is 6.78. The zero-order valence-electron chi connectivity index (χ0n) is 20.6. The average molecular weight is 528 g/mol. The lowest BCUT2D eigenvalue weighted by Crippen LogP contribution is -2.55. The van der Waals surface area contributed by atoms with Gasteiger partial charge in [-0.15, -0.1) is 0 Å². The molecule has 12 heteroatoms. The van der Waals surface area contributed by atoms with Crippen molar-refractivity contribution in [1.82, 2.24) is 29.6 Å². The second kappa shape index (κ2) is 9.67. The average Bonchev–Trinajstić information content (AvgIpc) is 3.46. The van der Waals surface area contributed by atoms with Crippen LogP contribution in [0.2, 0.25) is 0 Å². The van der Waals surface area contributed by atoms with Crippen molar-refractivity contribution < 1.29 is 18.3 Å². The summed E-state index contributed by atoms with van der Waals surface area (Å²) in [4.78, 5) is 18.0. The van der Waals surface area contributed by atoms with E-state index in [2.05, 4.69) is 30.4 Å². The molecule has 1 aliphatic heterocycles. The van der Waals surface area contributed by atoms with Crippen LogP contribution in [0.4, 0.5) is 25.2 Å². The summed E-state index contributed by atoms with van der Waals surface area (Å²) < 4.78 is 40.2. The molecule has 1 fully saturated rings. The van der Waals surface area contributed by atoms with Crippen LogP contribution in [0.3, 0.4) is 0 Å². The molecule has 4 aromatic rings. The number of piperidine rings is 1. The third-order valence-corrected chi connectivity index (χ3v) is 6.98. The van der Waals surface area contributed by atoms with Crippen LogP contribution in [0.25, 0.3) is 16.8 Å². The minimum atomic E-state index is -0.744. The lowest BCUT2D eigenvalue weighted by molar-refractivity contribution is 0.0434. The number of hydrogen-bond acceptors (Lipinski definition) is 8. The molecule has 1 aliphatic rings. The van der Waals surface area contributed by atoms with E-state index in [9.17, 15) is 13.6 Å². The Bertz CT molecular complexity index is 1420. The summed E-state index contributed by atoms with van der Waals surface area (Å²) >= 11 is 1.27. The Morgan fingerprint density at radius 2 is 1.97 bits per heavy atom. The molecule has 0 bridgehead atoms. The number of fused-ring (bicyclic) bond motifs is 1. The van der Waals surface area contributed by atoms with Crippen molar-refractivity contribution in [2.75, 3.05) is 18.4 Å². The van der Waals surface area contributed by atoms with E-state index < -0.39 is 28.9 Å². The molecule has 0 unspecified atom stereocenters. The van der Waals surface area contributed by atoms with Gasteiger partial charge in [-0.05, 0) is 76.0 Å². The Hall–Kier alpha value is -3.64. The van der Waals surface area contributed by atoms with Crippen molar-refractivity contribution in [2.45, 2.75) is 44.8 Å². The topological polar surface area (TPSA) is 105 Å². The number of rotatable bonds is 5. The Morgan fingerprint density at radius 3 is 2.68 bits per heavy atom. The van der Waals surface area contributed by atoms with Crippen molar-refractivity contribution in [3.05, 3.63) is 59.2 Å². The summed E-state index contributed by atoms with van der Waals surface area (Å²) in [7, 11) is 0. The lowest BCUT2D eigenvalue weighted by atomic mass is 9.88. The van der Waals surface area contributed by atoms with Gasteiger partial charge in [0.1, 0.15) is 17.2 Å². The maximum Gasteiger partial charge on any atom is 0.408 e. The van der Waals surface area contributed by atoms with Crippen LogP contribution < -0.4 is 16.0 Å². The number of amides is 1. The molecule has 3 N–H and O–H groups in total. The second-order valence-corrected chi connectivity index (χ2v) is 10.7. The number of anilines is 2. The molecule has 3 aromatic heterocycles. The first kappa shape index (κ1) is 25.0. The predicted octanol–water partition coefficient (Wildman–Crippen LogP) is 4.98. The van der Waals surface area contributed by atoms with Crippen LogP contribution in [-0.4, -0.2) is 43.8 Å². The number of ether oxygens (including phenoxy) is 1. The summed E-state index contributed by atoms with van der Waals surface area (Å²) in [6.07, 6.45) is 4.29. The van der Waals surface area contributed by atoms with Gasteiger partial charge in [-0.3, -0.25) is 0 Å². The van der Waals surface area contributed by atoms with Gasteiger partial charge in [-0.2, -0.15) is 14.0 Å². The minimum absolute atomic E-state index is 0.132. The van der Waals surface area contributed by atoms with Gasteiger partial charge in [0.05, 0.1) is 45.3 Å². The standard InChI is InChI=1S/C25H27F2N7O2S/c1-24(2,3)36-23(35)32-25(10-5-11-28-14-25)21-19(13-30-37-21)31-22-29-12-15-8-9-18(33-34(15)22)20-16(26)6-4-7-17(20)27/h4,6-9,12-13,28H,5,10-11,14H2,1-3H3,(H,29,31)(H,32,35)/t25-/m0/s1. The molecule has 1 saturated heterocycles. The van der Waals surface area contributed by atoms with Gasteiger partial charge in [-0.25, -0.2) is 18.6 Å². The van der Waals surface area contributed by atoms with Gasteiger partial charge in [0, 0.05) is 6.54 Å². The first-order valence-corrected chi connectivity index (χ1v) is 12.7. The minimum Gasteiger partial charge on any atom is -0.444 e. The van der Waals surface area contributed by atoms with Crippen molar-refractivity contribution >= 4 is 34.8 Å². The van der Waals surface area contributed by atoms with E-state index >= 15 is 0 Å². The van der Waals surface area contributed by atoms with Crippen molar-refractivity contribution in [3.63, 3.8) is 0 Å². The SMILES string of the molecule is CC(C)(C)OC(=O)N[C@@]1(c2sncc2Nc2ncc3ccc(-c4c(F)cccc4F)nn23)CCCNC1. The van der Waals surface area contributed by atoms with Crippen LogP contribution in [-0.2, 0) is 10.3 Å². The second-order valence-electron chi connectivity index (χ2n) is 9.92. The Morgan fingerprint density at radius 1 is 1.19 bits per heavy atom. The van der Waals surface area contributed by atoms with Crippen LogP contribution in [0.1, 0.15) is 38.5 Å². The molecule has 4 heterocycles. The number of halogens is 2. The van der Waals surface area contributed by atoms with Gasteiger partial charge in [-0.1, -0.05) is 6.07 Å². The number of aromatic nitrogens is 4. The van der Waals surface area contributed by atoms with Crippen LogP contribution in [0, 0.1) is 11.6 Å². The lowest BCUT2D eigenvalue weighted by Gasteiger charge is -2.38. The number of carbonyl (C=O) groups is 1. The zero-order valence-corrected chi connectivity index (χ0v) is 21.5. The first-order chi connectivity index (χ1) is 17.7. The number of nitrogens with zero attached hydrogens (tertiary/aromatic N) is 4. The number of hydrogen-bond donors (Lipinski definition) is 3. The van der Waals surface area contributed by atoms with E-state index in [0.29, 0.717) is 30.1 Å². The zero-order chi connectivity index (χ0) is 26.2. The summed E-state index contributed by atoms with van der Waals surface area (Å²) in [5, 5.41) is 14.1. The Balaban J connectivity index is 1.49. The molecule has 194 valence electrons. The highest BCUT2D eigenvalue weighted by Crippen LogP contribution is 2.38. The van der Waals surface area contributed by atoms with E-state index in [-0.39, 0.29) is 11.3 Å². The van der Waals surface area contributed by atoms with E-state index in [0.717, 1.165) is 17.8 Å². The maximum atomic E-state index is 14.4. The number of carbonyl (C=O) groups excluding carboxylic acids is 1. The van der Waals surface area contributed by atoms with Gasteiger partial charge >= 0.3 is 6.09 Å². The van der Waals surface area contributed by atoms with Crippen molar-refractivity contribution in [2.24, 2.45) is 0 Å². The van der Waals surface area contributed by atoms with Gasteiger partial charge < -0.3 is 20.7 Å². The van der Waals surface area contributed by atoms with Crippen LogP contribution in [0.5, 0.6) is 0 Å². The maximum absolute atomic E-state index is 14.4. The molecule has 37 heavy (non-hydrogen) atoms. The molecule has 0 aliphatic carbocycles. The van der Waals surface area contributed by atoms with E-state index in [1.54, 1.807) is 24.5 Å². The molecule has 9 nitrogen and oxygen atoms in total. The third-order valence-electron chi connectivity index (χ3n) is 5.98. The predicted molar refractivity (Wildman–Crippen MR) is 137 cm³/mol. The Kier molecular flexibility index (Phi) is 6.54. The fourth-order valence-corrected chi connectivity index (χ4v) is 5.27. The third kappa shape index (κ3) is 5.12. The monoisotopic (exact) mass is 527 g/mol. The van der Waals surface area contributed by atoms with Gasteiger partial charge in [0.15, 0.2) is 0 Å². The van der Waals surface area contributed by atoms with E-state index in [1.807, 2.05) is 20.8 Å². The van der Waals surface area contributed by atoms with Gasteiger partial charge in [0.25, 0.3) is 0 Å². The molecule has 1 aromatic carbocycles. The molecule has 1 amide bonds. The summed E-state index contributed by atoms with van der Waals surface area (Å²) in [5.41, 5.74) is -0.192. The fraction of sp³-hybridized carbons (Fsp3) is 0.360. The summed E-state index contributed by atoms with van der Waals surface area (Å²) in [5.74, 6) is -1.07. The largest absolute Gasteiger partial charge is 0.444 e. The molecule has 5 rings (SSSR count). The molecular weight excluding hydrogens is 500 g/mol. The number of benzene rings is 1. The normalized spacial score (nSPS) is 18.1. The highest BCUT2D eigenvalue weighted by Gasteiger charge is 2.40. The molecule has 1 atom stereocenters. The van der Waals surface area contributed by atoms with Crippen molar-refractivity contribution in [3.8, 4) is 11.3 Å². The van der Waals surface area contributed by atoms with E-state index in [4.69, 9.17) is 4.74 Å². The number of nitrogens with one attached hydrogen (secondary N) is 3. The highest BCUT2D eigenvalue weighted by molar-refractivity contribution is 7.06. The molecule has 0 spiro atoms. The number of imidazole rings is 1. The van der Waals surface area contributed by atoms with E-state index in [1.165, 1.54) is 34.2 Å². The number of alkyl carbamates (subject to hydrolysis) is 1. The smallest absolute Gasteiger partial charge is 0.408 e. The summed E-state index contributed by atoms with van der Waals surface area (Å²) in [6, 6.07) is 6.93. The molecule has 0 radical (unpaired) electrons. The Labute approximate surface area is 216 Å². The highest BCUT2D eigenvalue weighted by atomic mass is 32.1. The fourth-order valence-electron chi connectivity index (χ4n) is 4.40. The van der Waals surface area contributed by atoms with Crippen LogP contribution >= 0.6 is 11.5 Å². The van der Waals surface area contributed by atoms with Gasteiger partial charge in [0.2, 0.25) is 5.95 Å². The first-order valence-electron chi connectivity index (χ1n) is 11.9.